The van der Waals surface area contributed by atoms with Crippen LogP contribution in [0.15, 0.2) is 0 Å². The smallest absolute Gasteiger partial charge is 0.0512 e. The van der Waals surface area contributed by atoms with Crippen LogP contribution in [0.1, 0.15) is 57.8 Å². The normalized spacial score (nSPS) is 24.4. The second kappa shape index (κ2) is 5.50. The first kappa shape index (κ1) is 12.4. The van der Waals surface area contributed by atoms with Gasteiger partial charge in [-0.25, -0.2) is 0 Å². The Balaban J connectivity index is 2.00. The fraction of sp³-hybridized carbons (Fsp3) is 1.00. The Labute approximate surface area is 99.1 Å². The number of rotatable bonds is 5. The van der Waals surface area contributed by atoms with Crippen LogP contribution in [0.3, 0.4) is 0 Å². The van der Waals surface area contributed by atoms with Gasteiger partial charge in [0, 0.05) is 5.41 Å². The molecule has 2 nitrogen and oxygen atoms in total. The Bertz CT molecular complexity index is 199. The highest BCUT2D eigenvalue weighted by Crippen LogP contribution is 2.46. The minimum Gasteiger partial charge on any atom is -0.396 e. The first-order valence-corrected chi connectivity index (χ1v) is 7.02. The first-order valence-electron chi connectivity index (χ1n) is 7.02. The molecule has 2 aliphatic carbocycles. The highest BCUT2D eigenvalue weighted by Gasteiger charge is 2.41. The minimum absolute atomic E-state index is 0.161. The van der Waals surface area contributed by atoms with Gasteiger partial charge in [-0.15, -0.1) is 0 Å². The van der Waals surface area contributed by atoms with Gasteiger partial charge in [-0.3, -0.25) is 0 Å². The zero-order valence-corrected chi connectivity index (χ0v) is 10.3. The highest BCUT2D eigenvalue weighted by atomic mass is 16.3. The summed E-state index contributed by atoms with van der Waals surface area (Å²) in [5.74, 6) is 1.34. The first-order chi connectivity index (χ1) is 7.80. The molecule has 0 aliphatic heterocycles. The van der Waals surface area contributed by atoms with Crippen molar-refractivity contribution in [1.29, 1.82) is 0 Å². The van der Waals surface area contributed by atoms with Gasteiger partial charge in [0.1, 0.15) is 0 Å². The fourth-order valence-electron chi connectivity index (χ4n) is 3.93. The Kier molecular flexibility index (Phi) is 4.26. The molecule has 2 saturated carbocycles. The van der Waals surface area contributed by atoms with Crippen LogP contribution in [0.25, 0.3) is 0 Å². The largest absolute Gasteiger partial charge is 0.396 e. The SMILES string of the molecule is OCC(CO)(CC1CCCC1)C1CCCC1. The Morgan fingerprint density at radius 2 is 1.31 bits per heavy atom. The van der Waals surface area contributed by atoms with Crippen molar-refractivity contribution in [1.82, 2.24) is 0 Å². The summed E-state index contributed by atoms with van der Waals surface area (Å²) in [6.45, 7) is 0.370. The summed E-state index contributed by atoms with van der Waals surface area (Å²) in [7, 11) is 0. The predicted molar refractivity (Wildman–Crippen MR) is 65.1 cm³/mol. The van der Waals surface area contributed by atoms with Crippen molar-refractivity contribution in [3.63, 3.8) is 0 Å². The third kappa shape index (κ3) is 2.43. The van der Waals surface area contributed by atoms with E-state index in [4.69, 9.17) is 0 Å². The summed E-state index contributed by atoms with van der Waals surface area (Å²) in [4.78, 5) is 0. The molecule has 2 heteroatoms. The summed E-state index contributed by atoms with van der Waals surface area (Å²) in [5.41, 5.74) is -0.161. The number of hydrogen-bond acceptors (Lipinski definition) is 2. The van der Waals surface area contributed by atoms with E-state index in [0.29, 0.717) is 5.92 Å². The zero-order valence-electron chi connectivity index (χ0n) is 10.3. The summed E-state index contributed by atoms with van der Waals surface area (Å²) in [6.07, 6.45) is 11.4. The molecule has 0 aromatic heterocycles. The Morgan fingerprint density at radius 3 is 1.81 bits per heavy atom. The molecule has 0 spiro atoms. The summed E-state index contributed by atoms with van der Waals surface area (Å²) < 4.78 is 0. The number of aliphatic hydroxyl groups excluding tert-OH is 2. The highest BCUT2D eigenvalue weighted by molar-refractivity contribution is 4.91. The second-order valence-corrected chi connectivity index (χ2v) is 6.01. The molecular weight excluding hydrogens is 200 g/mol. The summed E-state index contributed by atoms with van der Waals surface area (Å²) in [5, 5.41) is 19.5. The lowest BCUT2D eigenvalue weighted by atomic mass is 9.69. The van der Waals surface area contributed by atoms with E-state index in [9.17, 15) is 10.2 Å². The van der Waals surface area contributed by atoms with Crippen molar-refractivity contribution in [2.75, 3.05) is 13.2 Å². The van der Waals surface area contributed by atoms with Crippen molar-refractivity contribution in [3.05, 3.63) is 0 Å². The van der Waals surface area contributed by atoms with Crippen LogP contribution in [-0.2, 0) is 0 Å². The van der Waals surface area contributed by atoms with E-state index < -0.39 is 0 Å². The zero-order chi connectivity index (χ0) is 11.4. The molecule has 0 unspecified atom stereocenters. The van der Waals surface area contributed by atoms with E-state index in [1.165, 1.54) is 51.4 Å². The molecule has 2 aliphatic rings. The molecule has 2 N–H and O–H groups in total. The van der Waals surface area contributed by atoms with Gasteiger partial charge in [-0.1, -0.05) is 38.5 Å². The van der Waals surface area contributed by atoms with Crippen LogP contribution in [0.2, 0.25) is 0 Å². The summed E-state index contributed by atoms with van der Waals surface area (Å²) in [6, 6.07) is 0. The predicted octanol–water partition coefficient (Wildman–Crippen LogP) is 2.73. The lowest BCUT2D eigenvalue weighted by molar-refractivity contribution is -0.0136. The van der Waals surface area contributed by atoms with Crippen LogP contribution in [0, 0.1) is 17.3 Å². The van der Waals surface area contributed by atoms with Crippen molar-refractivity contribution in [2.24, 2.45) is 17.3 Å². The molecule has 0 radical (unpaired) electrons. The lowest BCUT2D eigenvalue weighted by Crippen LogP contribution is -2.38. The van der Waals surface area contributed by atoms with Crippen LogP contribution >= 0.6 is 0 Å². The Morgan fingerprint density at radius 1 is 0.812 bits per heavy atom. The van der Waals surface area contributed by atoms with E-state index in [0.717, 1.165) is 12.3 Å². The van der Waals surface area contributed by atoms with Crippen LogP contribution in [-0.4, -0.2) is 23.4 Å². The molecule has 94 valence electrons. The van der Waals surface area contributed by atoms with E-state index in [1.54, 1.807) is 0 Å². The molecule has 16 heavy (non-hydrogen) atoms. The van der Waals surface area contributed by atoms with Crippen molar-refractivity contribution in [2.45, 2.75) is 57.8 Å². The quantitative estimate of drug-likeness (QED) is 0.756. The molecule has 2 rings (SSSR count). The maximum absolute atomic E-state index is 9.74. The third-order valence-electron chi connectivity index (χ3n) is 5.02. The molecule has 0 saturated heterocycles. The van der Waals surface area contributed by atoms with Crippen LogP contribution < -0.4 is 0 Å². The van der Waals surface area contributed by atoms with Gasteiger partial charge in [0.25, 0.3) is 0 Å². The molecule has 2 fully saturated rings. The van der Waals surface area contributed by atoms with Gasteiger partial charge in [0.15, 0.2) is 0 Å². The van der Waals surface area contributed by atoms with E-state index >= 15 is 0 Å². The molecule has 0 bridgehead atoms. The van der Waals surface area contributed by atoms with Crippen molar-refractivity contribution in [3.8, 4) is 0 Å². The van der Waals surface area contributed by atoms with Gasteiger partial charge < -0.3 is 10.2 Å². The third-order valence-corrected chi connectivity index (χ3v) is 5.02. The van der Waals surface area contributed by atoms with Gasteiger partial charge in [0.2, 0.25) is 0 Å². The van der Waals surface area contributed by atoms with Gasteiger partial charge in [0.05, 0.1) is 13.2 Å². The van der Waals surface area contributed by atoms with Gasteiger partial charge >= 0.3 is 0 Å². The van der Waals surface area contributed by atoms with E-state index in [-0.39, 0.29) is 18.6 Å². The number of aliphatic hydroxyl groups is 2. The fourth-order valence-corrected chi connectivity index (χ4v) is 3.93. The average molecular weight is 226 g/mol. The Hall–Kier alpha value is -0.0800. The maximum Gasteiger partial charge on any atom is 0.0512 e. The second-order valence-electron chi connectivity index (χ2n) is 6.01. The van der Waals surface area contributed by atoms with E-state index in [1.807, 2.05) is 0 Å². The van der Waals surface area contributed by atoms with Crippen molar-refractivity contribution < 1.29 is 10.2 Å². The van der Waals surface area contributed by atoms with Crippen LogP contribution in [0.5, 0.6) is 0 Å². The van der Waals surface area contributed by atoms with E-state index in [2.05, 4.69) is 0 Å². The molecule has 0 aromatic rings. The average Bonchev–Trinajstić information content (AvgIpc) is 2.99. The van der Waals surface area contributed by atoms with Crippen molar-refractivity contribution >= 4 is 0 Å². The molecule has 0 amide bonds. The summed E-state index contributed by atoms with van der Waals surface area (Å²) >= 11 is 0. The topological polar surface area (TPSA) is 40.5 Å². The molecule has 0 atom stereocenters. The molecule has 0 aromatic carbocycles. The number of hydrogen-bond donors (Lipinski definition) is 2. The molecular formula is C14H26O2. The van der Waals surface area contributed by atoms with Crippen LogP contribution in [0.4, 0.5) is 0 Å². The monoisotopic (exact) mass is 226 g/mol. The maximum atomic E-state index is 9.74. The van der Waals surface area contributed by atoms with Gasteiger partial charge in [-0.2, -0.15) is 0 Å². The molecule has 0 heterocycles. The van der Waals surface area contributed by atoms with Gasteiger partial charge in [-0.05, 0) is 31.1 Å². The standard InChI is InChI=1S/C14H26O2/c15-10-14(11-16,13-7-3-4-8-13)9-12-5-1-2-6-12/h12-13,15-16H,1-11H2. The minimum atomic E-state index is -0.161. The lowest BCUT2D eigenvalue weighted by Gasteiger charge is -2.38.